The van der Waals surface area contributed by atoms with Gasteiger partial charge in [-0.25, -0.2) is 8.42 Å². The molecular weight excluding hydrogens is 492 g/mol. The van der Waals surface area contributed by atoms with E-state index in [0.29, 0.717) is 55.2 Å². The molecule has 200 valence electrons. The molecule has 1 amide bonds. The van der Waals surface area contributed by atoms with E-state index in [1.807, 2.05) is 50.1 Å². The number of aromatic amines is 1. The molecule has 37 heavy (non-hydrogen) atoms. The van der Waals surface area contributed by atoms with Gasteiger partial charge in [-0.3, -0.25) is 9.10 Å². The summed E-state index contributed by atoms with van der Waals surface area (Å²) >= 11 is 0. The minimum atomic E-state index is -3.44. The zero-order chi connectivity index (χ0) is 26.7. The third kappa shape index (κ3) is 5.76. The summed E-state index contributed by atoms with van der Waals surface area (Å²) in [5.74, 6) is 0.510. The molecule has 2 atom stereocenters. The monoisotopic (exact) mass is 528 g/mol. The summed E-state index contributed by atoms with van der Waals surface area (Å²) in [7, 11) is -3.44. The first-order valence-electron chi connectivity index (χ1n) is 12.7. The van der Waals surface area contributed by atoms with E-state index in [1.165, 1.54) is 10.6 Å². The van der Waals surface area contributed by atoms with Crippen LogP contribution in [0.5, 0.6) is 5.75 Å². The summed E-state index contributed by atoms with van der Waals surface area (Å²) in [4.78, 5) is 18.1. The number of aliphatic hydroxyl groups is 1. The maximum absolute atomic E-state index is 13.0. The molecular formula is C27H36N4O5S. The number of hydrogen-bond acceptors (Lipinski definition) is 6. The molecule has 1 aromatic heterocycles. The van der Waals surface area contributed by atoms with Gasteiger partial charge in [0.2, 0.25) is 10.0 Å². The summed E-state index contributed by atoms with van der Waals surface area (Å²) in [6.07, 6.45) is 3.00. The summed E-state index contributed by atoms with van der Waals surface area (Å²) in [5, 5.41) is 15.2. The van der Waals surface area contributed by atoms with Crippen LogP contribution in [0.3, 0.4) is 0 Å². The Morgan fingerprint density at radius 3 is 2.70 bits per heavy atom. The number of aliphatic hydroxyl groups excluding tert-OH is 1. The highest BCUT2D eigenvalue weighted by atomic mass is 32.2. The maximum Gasteiger partial charge on any atom is 0.255 e. The lowest BCUT2D eigenvalue weighted by molar-refractivity contribution is 0.0774. The summed E-state index contributed by atoms with van der Waals surface area (Å²) in [6.45, 7) is 8.15. The maximum atomic E-state index is 13.0. The number of hydrogen-bond donors (Lipinski definition) is 3. The van der Waals surface area contributed by atoms with Crippen molar-refractivity contribution in [1.29, 1.82) is 0 Å². The van der Waals surface area contributed by atoms with E-state index in [9.17, 15) is 18.3 Å². The van der Waals surface area contributed by atoms with Crippen molar-refractivity contribution in [1.82, 2.24) is 15.2 Å². The largest absolute Gasteiger partial charge is 0.489 e. The van der Waals surface area contributed by atoms with Crippen molar-refractivity contribution in [3.63, 3.8) is 0 Å². The Labute approximate surface area is 218 Å². The van der Waals surface area contributed by atoms with Crippen LogP contribution in [0.25, 0.3) is 10.9 Å². The van der Waals surface area contributed by atoms with Crippen molar-refractivity contribution >= 4 is 32.5 Å². The van der Waals surface area contributed by atoms with E-state index in [0.717, 1.165) is 16.5 Å². The minimum Gasteiger partial charge on any atom is -0.489 e. The van der Waals surface area contributed by atoms with Gasteiger partial charge in [-0.15, -0.1) is 0 Å². The number of ether oxygens (including phenoxy) is 1. The van der Waals surface area contributed by atoms with Gasteiger partial charge in [-0.2, -0.15) is 0 Å². The molecule has 0 saturated carbocycles. The fourth-order valence-corrected chi connectivity index (χ4v) is 5.74. The number of sulfonamides is 1. The van der Waals surface area contributed by atoms with E-state index in [-0.39, 0.29) is 18.5 Å². The van der Waals surface area contributed by atoms with Gasteiger partial charge in [-0.05, 0) is 56.5 Å². The number of carbonyl (C=O) groups is 1. The molecule has 9 nitrogen and oxygen atoms in total. The number of aromatic nitrogens is 1. The van der Waals surface area contributed by atoms with Gasteiger partial charge >= 0.3 is 0 Å². The lowest BCUT2D eigenvalue weighted by atomic mass is 10.0. The molecule has 0 saturated heterocycles. The van der Waals surface area contributed by atoms with Gasteiger partial charge in [0.15, 0.2) is 0 Å². The average molecular weight is 529 g/mol. The molecule has 10 heteroatoms. The number of fused-ring (bicyclic) bond motifs is 2. The number of amides is 1. The van der Waals surface area contributed by atoms with Crippen LogP contribution in [0, 0.1) is 0 Å². The van der Waals surface area contributed by atoms with E-state index in [1.54, 1.807) is 18.2 Å². The van der Waals surface area contributed by atoms with Crippen molar-refractivity contribution in [2.24, 2.45) is 0 Å². The molecule has 1 aliphatic rings. The molecule has 2 heterocycles. The van der Waals surface area contributed by atoms with Crippen LogP contribution in [0.2, 0.25) is 0 Å². The molecule has 0 aliphatic carbocycles. The number of nitrogens with one attached hydrogen (secondary N) is 2. The first-order chi connectivity index (χ1) is 17.6. The smallest absolute Gasteiger partial charge is 0.255 e. The molecule has 0 spiro atoms. The van der Waals surface area contributed by atoms with Crippen molar-refractivity contribution in [2.45, 2.75) is 39.3 Å². The number of anilines is 1. The number of H-pyrrole nitrogens is 1. The zero-order valence-electron chi connectivity index (χ0n) is 21.8. The molecule has 2 aromatic carbocycles. The van der Waals surface area contributed by atoms with Gasteiger partial charge in [-0.1, -0.05) is 18.2 Å². The highest BCUT2D eigenvalue weighted by Crippen LogP contribution is 2.35. The highest BCUT2D eigenvalue weighted by molar-refractivity contribution is 7.92. The lowest BCUT2D eigenvalue weighted by Gasteiger charge is -2.30. The molecule has 1 aliphatic heterocycles. The van der Waals surface area contributed by atoms with Crippen molar-refractivity contribution in [3.05, 3.63) is 59.3 Å². The van der Waals surface area contributed by atoms with Crippen LogP contribution < -0.4 is 14.4 Å². The Morgan fingerprint density at radius 1 is 1.24 bits per heavy atom. The minimum absolute atomic E-state index is 0.0168. The van der Waals surface area contributed by atoms with Crippen molar-refractivity contribution < 1.29 is 23.1 Å². The lowest BCUT2D eigenvalue weighted by Crippen LogP contribution is -2.37. The molecule has 4 rings (SSSR count). The second-order valence-corrected chi connectivity index (χ2v) is 11.4. The standard InChI is InChI=1S/C27H36N4O5S/c1-5-30(6-2)27(33)22-9-7-8-21-20(16-29-26(21)22)14-18(3)28-17-24(32)19-10-11-25-23(15-19)31(12-13-36-25)37(4,34)35/h7-11,15-16,18,24,28-29,32H,5-6,12-14,17H2,1-4H3/t18-,24+/m1/s1. The number of nitrogens with zero attached hydrogens (tertiary/aromatic N) is 2. The van der Waals surface area contributed by atoms with Gasteiger partial charge < -0.3 is 25.0 Å². The second kappa shape index (κ2) is 11.1. The quantitative estimate of drug-likeness (QED) is 0.373. The number of carbonyl (C=O) groups excluding carboxylic acids is 1. The van der Waals surface area contributed by atoms with Crippen LogP contribution in [-0.4, -0.2) is 74.4 Å². The van der Waals surface area contributed by atoms with E-state index in [2.05, 4.69) is 10.3 Å². The van der Waals surface area contributed by atoms with Crippen LogP contribution in [0.15, 0.2) is 42.6 Å². The predicted molar refractivity (Wildman–Crippen MR) is 146 cm³/mol. The van der Waals surface area contributed by atoms with Crippen LogP contribution in [-0.2, 0) is 16.4 Å². The first kappa shape index (κ1) is 27.0. The van der Waals surface area contributed by atoms with Gasteiger partial charge in [0, 0.05) is 37.3 Å². The van der Waals surface area contributed by atoms with Crippen LogP contribution in [0.1, 0.15) is 48.4 Å². The highest BCUT2D eigenvalue weighted by Gasteiger charge is 2.26. The van der Waals surface area contributed by atoms with E-state index < -0.39 is 16.1 Å². The third-order valence-electron chi connectivity index (χ3n) is 6.86. The molecule has 0 fully saturated rings. The molecule has 3 aromatic rings. The molecule has 0 unspecified atom stereocenters. The first-order valence-corrected chi connectivity index (χ1v) is 14.5. The fraction of sp³-hybridized carbons (Fsp3) is 0.444. The fourth-order valence-electron chi connectivity index (χ4n) is 4.84. The number of para-hydroxylation sites is 1. The molecule has 0 radical (unpaired) electrons. The molecule has 0 bridgehead atoms. The van der Waals surface area contributed by atoms with Crippen LogP contribution in [0.4, 0.5) is 5.69 Å². The average Bonchev–Trinajstić information content (AvgIpc) is 3.29. The Bertz CT molecular complexity index is 1370. The normalized spacial score (nSPS) is 15.2. The summed E-state index contributed by atoms with van der Waals surface area (Å²) in [6, 6.07) is 11.0. The third-order valence-corrected chi connectivity index (χ3v) is 8.04. The van der Waals surface area contributed by atoms with E-state index >= 15 is 0 Å². The Hall–Kier alpha value is -3.08. The Kier molecular flexibility index (Phi) is 8.11. The predicted octanol–water partition coefficient (Wildman–Crippen LogP) is 3.06. The van der Waals surface area contributed by atoms with Gasteiger partial charge in [0.1, 0.15) is 12.4 Å². The summed E-state index contributed by atoms with van der Waals surface area (Å²) in [5.41, 5.74) is 3.67. The topological polar surface area (TPSA) is 115 Å². The van der Waals surface area contributed by atoms with E-state index in [4.69, 9.17) is 4.74 Å². The summed E-state index contributed by atoms with van der Waals surface area (Å²) < 4.78 is 31.3. The SMILES string of the molecule is CCN(CC)C(=O)c1cccc2c(C[C@@H](C)NC[C@H](O)c3ccc4c(c3)N(S(C)(=O)=O)CCO4)c[nH]c12. The van der Waals surface area contributed by atoms with Gasteiger partial charge in [0.25, 0.3) is 5.91 Å². The van der Waals surface area contributed by atoms with Crippen molar-refractivity contribution in [3.8, 4) is 5.75 Å². The Morgan fingerprint density at radius 2 is 2.00 bits per heavy atom. The second-order valence-electron chi connectivity index (χ2n) is 9.46. The van der Waals surface area contributed by atoms with Gasteiger partial charge in [0.05, 0.1) is 35.7 Å². The number of benzene rings is 2. The zero-order valence-corrected chi connectivity index (χ0v) is 22.6. The molecule has 3 N–H and O–H groups in total. The van der Waals surface area contributed by atoms with Crippen molar-refractivity contribution in [2.75, 3.05) is 43.3 Å². The van der Waals surface area contributed by atoms with Crippen LogP contribution >= 0.6 is 0 Å². The Balaban J connectivity index is 1.43. The number of rotatable bonds is 10.